The molecule has 1 spiro atoms. The van der Waals surface area contributed by atoms with Crippen LogP contribution in [0.25, 0.3) is 0 Å². The van der Waals surface area contributed by atoms with Crippen LogP contribution >= 0.6 is 0 Å². The molecule has 0 radical (unpaired) electrons. The Labute approximate surface area is 167 Å². The quantitative estimate of drug-likeness (QED) is 0.796. The topological polar surface area (TPSA) is 62.5 Å². The van der Waals surface area contributed by atoms with Gasteiger partial charge in [-0.15, -0.1) is 0 Å². The number of oxazole rings is 1. The molecule has 2 fully saturated rings. The molecule has 2 aromatic rings. The van der Waals surface area contributed by atoms with Gasteiger partial charge in [0.15, 0.2) is 5.89 Å². The molecule has 0 N–H and O–H groups in total. The van der Waals surface area contributed by atoms with E-state index in [0.717, 1.165) is 57.0 Å². The summed E-state index contributed by atoms with van der Waals surface area (Å²) in [5.41, 5.74) is 1.14. The van der Waals surface area contributed by atoms with E-state index in [2.05, 4.69) is 28.7 Å². The molecule has 6 nitrogen and oxygen atoms in total. The van der Waals surface area contributed by atoms with Crippen LogP contribution in [-0.4, -0.2) is 58.4 Å². The molecule has 4 rings (SSSR count). The molecule has 2 saturated heterocycles. The maximum atomic E-state index is 12.7. The zero-order valence-corrected chi connectivity index (χ0v) is 16.9. The molecule has 2 aliphatic rings. The summed E-state index contributed by atoms with van der Waals surface area (Å²) >= 11 is 0. The number of hydrogen-bond acceptors (Lipinski definition) is 5. The van der Waals surface area contributed by atoms with Crippen LogP contribution in [-0.2, 0) is 11.2 Å². The van der Waals surface area contributed by atoms with Crippen molar-refractivity contribution < 1.29 is 9.21 Å². The van der Waals surface area contributed by atoms with Crippen molar-refractivity contribution in [3.63, 3.8) is 0 Å². The number of nitrogens with zero attached hydrogens (tertiary/aromatic N) is 4. The largest absolute Gasteiger partial charge is 0.449 e. The molecule has 28 heavy (non-hydrogen) atoms. The minimum Gasteiger partial charge on any atom is -0.449 e. The third kappa shape index (κ3) is 3.97. The summed E-state index contributed by atoms with van der Waals surface area (Å²) in [7, 11) is 0. The van der Waals surface area contributed by atoms with E-state index in [4.69, 9.17) is 4.42 Å². The number of piperidine rings is 1. The summed E-state index contributed by atoms with van der Waals surface area (Å²) in [6, 6.07) is 3.85. The van der Waals surface area contributed by atoms with Crippen LogP contribution in [0, 0.1) is 11.3 Å². The number of likely N-dealkylation sites (tertiary alicyclic amines) is 2. The second kappa shape index (κ2) is 8.03. The Bertz CT molecular complexity index is 767. The van der Waals surface area contributed by atoms with Crippen LogP contribution in [0.1, 0.15) is 44.1 Å². The van der Waals surface area contributed by atoms with Crippen molar-refractivity contribution in [3.8, 4) is 0 Å². The van der Waals surface area contributed by atoms with Gasteiger partial charge in [-0.1, -0.05) is 19.9 Å². The number of rotatable bonds is 5. The lowest BCUT2D eigenvalue weighted by Crippen LogP contribution is -2.46. The molecular weight excluding hydrogens is 352 g/mol. The fraction of sp³-hybridized carbons (Fsp3) is 0.591. The maximum Gasteiger partial charge on any atom is 0.227 e. The van der Waals surface area contributed by atoms with E-state index in [-0.39, 0.29) is 11.3 Å². The molecule has 0 bridgehead atoms. The Morgan fingerprint density at radius 2 is 2.14 bits per heavy atom. The van der Waals surface area contributed by atoms with E-state index < -0.39 is 0 Å². The monoisotopic (exact) mass is 382 g/mol. The fourth-order valence-electron chi connectivity index (χ4n) is 4.97. The van der Waals surface area contributed by atoms with Gasteiger partial charge in [-0.2, -0.15) is 0 Å². The molecule has 1 amide bonds. The summed E-state index contributed by atoms with van der Waals surface area (Å²) < 4.78 is 5.73. The average Bonchev–Trinajstić information content (AvgIpc) is 3.31. The average molecular weight is 383 g/mol. The Balaban J connectivity index is 1.44. The molecule has 6 heteroatoms. The number of pyridine rings is 1. The fourth-order valence-corrected chi connectivity index (χ4v) is 4.97. The van der Waals surface area contributed by atoms with Gasteiger partial charge < -0.3 is 14.2 Å². The summed E-state index contributed by atoms with van der Waals surface area (Å²) in [6.07, 6.45) is 9.40. The number of aromatic nitrogens is 2. The zero-order chi connectivity index (χ0) is 19.6. The van der Waals surface area contributed by atoms with E-state index in [1.807, 2.05) is 17.0 Å². The van der Waals surface area contributed by atoms with Crippen molar-refractivity contribution in [1.29, 1.82) is 0 Å². The summed E-state index contributed by atoms with van der Waals surface area (Å²) in [5, 5.41) is 0. The van der Waals surface area contributed by atoms with Crippen LogP contribution in [0.4, 0.5) is 0 Å². The molecular formula is C22H30N4O2. The van der Waals surface area contributed by atoms with Gasteiger partial charge in [0.2, 0.25) is 5.91 Å². The zero-order valence-electron chi connectivity index (χ0n) is 16.9. The van der Waals surface area contributed by atoms with E-state index in [0.29, 0.717) is 18.3 Å². The van der Waals surface area contributed by atoms with Crippen molar-refractivity contribution in [3.05, 3.63) is 48.4 Å². The number of amides is 1. The van der Waals surface area contributed by atoms with Crippen LogP contribution in [0.15, 0.2) is 41.4 Å². The second-order valence-electron chi connectivity index (χ2n) is 8.79. The lowest BCUT2D eigenvalue weighted by molar-refractivity contribution is -0.132. The molecule has 2 aromatic heterocycles. The molecule has 150 valence electrons. The first kappa shape index (κ1) is 19.1. The first-order valence-corrected chi connectivity index (χ1v) is 10.3. The van der Waals surface area contributed by atoms with Gasteiger partial charge in [0.25, 0.3) is 0 Å². The molecule has 0 aliphatic carbocycles. The third-order valence-electron chi connectivity index (χ3n) is 6.28. The van der Waals surface area contributed by atoms with E-state index >= 15 is 0 Å². The number of carbonyl (C=O) groups is 1. The number of carbonyl (C=O) groups excluding carboxylic acids is 1. The Hall–Kier alpha value is -2.21. The number of hydrogen-bond donors (Lipinski definition) is 0. The lowest BCUT2D eigenvalue weighted by Gasteiger charge is -2.42. The van der Waals surface area contributed by atoms with Crippen LogP contribution < -0.4 is 0 Å². The predicted molar refractivity (Wildman–Crippen MR) is 107 cm³/mol. The van der Waals surface area contributed by atoms with E-state index in [1.54, 1.807) is 24.9 Å². The van der Waals surface area contributed by atoms with Crippen molar-refractivity contribution in [2.75, 3.05) is 32.7 Å². The van der Waals surface area contributed by atoms with E-state index in [9.17, 15) is 4.79 Å². The van der Waals surface area contributed by atoms with Crippen molar-refractivity contribution in [2.45, 2.75) is 39.0 Å². The van der Waals surface area contributed by atoms with Crippen molar-refractivity contribution in [2.24, 2.45) is 11.3 Å². The molecule has 2 aliphatic heterocycles. The first-order chi connectivity index (χ1) is 13.6. The SMILES string of the molecule is CC(C)CN1CC(c2ncco2)C2(CCN(C(=O)Cc3cccnc3)CC2)C1. The van der Waals surface area contributed by atoms with Crippen LogP contribution in [0.2, 0.25) is 0 Å². The molecule has 4 heterocycles. The molecule has 0 saturated carbocycles. The first-order valence-electron chi connectivity index (χ1n) is 10.3. The summed E-state index contributed by atoms with van der Waals surface area (Å²) in [4.78, 5) is 25.9. The summed E-state index contributed by atoms with van der Waals surface area (Å²) in [5.74, 6) is 2.02. The highest BCUT2D eigenvalue weighted by molar-refractivity contribution is 5.78. The van der Waals surface area contributed by atoms with Crippen molar-refractivity contribution in [1.82, 2.24) is 19.8 Å². The Morgan fingerprint density at radius 3 is 2.79 bits per heavy atom. The minimum atomic E-state index is 0.158. The maximum absolute atomic E-state index is 12.7. The van der Waals surface area contributed by atoms with Crippen molar-refractivity contribution >= 4 is 5.91 Å². The Kier molecular flexibility index (Phi) is 5.49. The lowest BCUT2D eigenvalue weighted by atomic mass is 9.70. The van der Waals surface area contributed by atoms with Gasteiger partial charge in [-0.3, -0.25) is 9.78 Å². The van der Waals surface area contributed by atoms with Gasteiger partial charge >= 0.3 is 0 Å². The smallest absolute Gasteiger partial charge is 0.227 e. The minimum absolute atomic E-state index is 0.158. The standard InChI is InChI=1S/C22H30N4O2/c1-17(2)14-25-15-19(21-24-8-11-28-21)22(16-25)5-9-26(10-6-22)20(27)12-18-4-3-7-23-13-18/h3-4,7-8,11,13,17,19H,5-6,9-10,12,14-16H2,1-2H3. The van der Waals surface area contributed by atoms with Gasteiger partial charge in [0, 0.05) is 45.1 Å². The van der Waals surface area contributed by atoms with Crippen LogP contribution in [0.3, 0.4) is 0 Å². The van der Waals surface area contributed by atoms with E-state index in [1.165, 1.54) is 0 Å². The second-order valence-corrected chi connectivity index (χ2v) is 8.79. The molecule has 1 atom stereocenters. The highest BCUT2D eigenvalue weighted by Gasteiger charge is 2.50. The van der Waals surface area contributed by atoms with Gasteiger partial charge in [-0.05, 0) is 35.8 Å². The molecule has 1 unspecified atom stereocenters. The Morgan fingerprint density at radius 1 is 1.32 bits per heavy atom. The van der Waals surface area contributed by atoms with Gasteiger partial charge in [0.1, 0.15) is 6.26 Å². The highest BCUT2D eigenvalue weighted by Crippen LogP contribution is 2.49. The van der Waals surface area contributed by atoms with Gasteiger partial charge in [-0.25, -0.2) is 4.98 Å². The highest BCUT2D eigenvalue weighted by atomic mass is 16.3. The normalized spacial score (nSPS) is 22.2. The summed E-state index contributed by atoms with van der Waals surface area (Å²) in [6.45, 7) is 9.33. The van der Waals surface area contributed by atoms with Crippen LogP contribution in [0.5, 0.6) is 0 Å². The predicted octanol–water partition coefficient (Wildman–Crippen LogP) is 2.98. The third-order valence-corrected chi connectivity index (χ3v) is 6.28. The molecule has 0 aromatic carbocycles. The van der Waals surface area contributed by atoms with Gasteiger partial charge in [0.05, 0.1) is 18.5 Å².